The van der Waals surface area contributed by atoms with Crippen LogP contribution >= 0.6 is 0 Å². The first-order chi connectivity index (χ1) is 20.4. The highest BCUT2D eigenvalue weighted by Crippen LogP contribution is 2.43. The van der Waals surface area contributed by atoms with Crippen LogP contribution in [0.1, 0.15) is 84.0 Å². The van der Waals surface area contributed by atoms with Crippen molar-refractivity contribution >= 4 is 29.0 Å². The Morgan fingerprint density at radius 2 is 1.74 bits per heavy atom. The van der Waals surface area contributed by atoms with Gasteiger partial charge in [0.25, 0.3) is 5.91 Å². The summed E-state index contributed by atoms with van der Waals surface area (Å²) in [4.78, 5) is 22.8. The molecule has 2 unspecified atom stereocenters. The molecule has 1 aromatic heterocycles. The summed E-state index contributed by atoms with van der Waals surface area (Å²) in [5.74, 6) is -0.275. The van der Waals surface area contributed by atoms with Gasteiger partial charge in [0.1, 0.15) is 17.1 Å². The topological polar surface area (TPSA) is 120 Å². The van der Waals surface area contributed by atoms with Crippen LogP contribution in [0.25, 0.3) is 0 Å². The van der Waals surface area contributed by atoms with Crippen molar-refractivity contribution in [1.82, 2.24) is 14.9 Å². The lowest BCUT2D eigenvalue weighted by Gasteiger charge is -2.19. The molecule has 0 bridgehead atoms. The Labute approximate surface area is 248 Å². The van der Waals surface area contributed by atoms with Crippen LogP contribution in [-0.2, 0) is 12.7 Å². The van der Waals surface area contributed by atoms with Gasteiger partial charge in [-0.1, -0.05) is 26.0 Å². The zero-order valence-electron chi connectivity index (χ0n) is 24.5. The van der Waals surface area contributed by atoms with Gasteiger partial charge in [-0.2, -0.15) is 18.2 Å². The number of hydrogen-bond acceptors (Lipinski definition) is 8. The Kier molecular flexibility index (Phi) is 8.53. The van der Waals surface area contributed by atoms with Crippen LogP contribution in [0.3, 0.4) is 0 Å². The van der Waals surface area contributed by atoms with Crippen molar-refractivity contribution in [2.24, 2.45) is 0 Å². The molecule has 2 aromatic carbocycles. The normalized spacial score (nSPS) is 20.1. The molecule has 230 valence electrons. The molecule has 1 saturated carbocycles. The van der Waals surface area contributed by atoms with E-state index in [-0.39, 0.29) is 35.6 Å². The average molecular weight is 600 g/mol. The number of aliphatic hydroxyl groups excluding tert-OH is 2. The lowest BCUT2D eigenvalue weighted by atomic mass is 9.90. The second-order valence-corrected chi connectivity index (χ2v) is 11.2. The fourth-order valence-corrected chi connectivity index (χ4v) is 6.13. The number of ether oxygens (including phenoxy) is 1. The van der Waals surface area contributed by atoms with E-state index in [1.54, 1.807) is 25.2 Å². The van der Waals surface area contributed by atoms with E-state index in [9.17, 15) is 28.2 Å². The van der Waals surface area contributed by atoms with E-state index in [0.717, 1.165) is 24.0 Å². The lowest BCUT2D eigenvalue weighted by Crippen LogP contribution is -2.18. The van der Waals surface area contributed by atoms with E-state index in [2.05, 4.69) is 34.4 Å². The van der Waals surface area contributed by atoms with Crippen molar-refractivity contribution < 1.29 is 32.9 Å². The van der Waals surface area contributed by atoms with Gasteiger partial charge in [-0.3, -0.25) is 4.79 Å². The molecule has 0 saturated heterocycles. The van der Waals surface area contributed by atoms with Gasteiger partial charge in [0.05, 0.1) is 36.3 Å². The molecule has 1 amide bonds. The summed E-state index contributed by atoms with van der Waals surface area (Å²) < 4.78 is 47.8. The van der Waals surface area contributed by atoms with E-state index >= 15 is 0 Å². The number of nitrogens with one attached hydrogen (secondary N) is 2. The number of alkyl halides is 3. The van der Waals surface area contributed by atoms with Crippen molar-refractivity contribution in [3.63, 3.8) is 0 Å². The monoisotopic (exact) mass is 599 g/mol. The molecule has 1 fully saturated rings. The number of halogens is 3. The van der Waals surface area contributed by atoms with Gasteiger partial charge in [-0.25, -0.2) is 4.98 Å². The maximum absolute atomic E-state index is 14.1. The summed E-state index contributed by atoms with van der Waals surface area (Å²) in [6.07, 6.45) is -3.23. The zero-order chi connectivity index (χ0) is 31.1. The minimum absolute atomic E-state index is 0.0882. The first kappa shape index (κ1) is 30.6. The fraction of sp³-hybridized carbons (Fsp3) is 0.452. The van der Waals surface area contributed by atoms with Gasteiger partial charge >= 0.3 is 6.18 Å². The minimum Gasteiger partial charge on any atom is -0.495 e. The van der Waals surface area contributed by atoms with Crippen LogP contribution in [0.4, 0.5) is 36.3 Å². The number of carbonyl (C=O) groups is 1. The highest BCUT2D eigenvalue weighted by atomic mass is 19.4. The summed E-state index contributed by atoms with van der Waals surface area (Å²) in [7, 11) is 3.13. The molecule has 43 heavy (non-hydrogen) atoms. The van der Waals surface area contributed by atoms with Crippen LogP contribution in [-0.4, -0.2) is 57.4 Å². The first-order valence-corrected chi connectivity index (χ1v) is 14.4. The number of aliphatic hydroxyl groups is 2. The third-order valence-electron chi connectivity index (χ3n) is 8.52. The number of carbonyl (C=O) groups excluding carboxylic acids is 1. The number of hydrogen-bond donors (Lipinski definition) is 4. The molecule has 3 aromatic rings. The van der Waals surface area contributed by atoms with Crippen molar-refractivity contribution in [3.8, 4) is 5.75 Å². The van der Waals surface area contributed by atoms with Crippen LogP contribution in [0.15, 0.2) is 36.5 Å². The summed E-state index contributed by atoms with van der Waals surface area (Å²) >= 11 is 0. The maximum atomic E-state index is 14.1. The first-order valence-electron chi connectivity index (χ1n) is 14.4. The predicted molar refractivity (Wildman–Crippen MR) is 156 cm³/mol. The quantitative estimate of drug-likeness (QED) is 0.234. The molecule has 9 nitrogen and oxygen atoms in total. The number of rotatable bonds is 9. The van der Waals surface area contributed by atoms with Crippen LogP contribution in [0.5, 0.6) is 5.75 Å². The largest absolute Gasteiger partial charge is 0.495 e. The van der Waals surface area contributed by atoms with E-state index in [1.165, 1.54) is 12.0 Å². The van der Waals surface area contributed by atoms with Gasteiger partial charge in [0.15, 0.2) is 0 Å². The second-order valence-electron chi connectivity index (χ2n) is 11.2. The summed E-state index contributed by atoms with van der Waals surface area (Å²) in [6, 6.07) is 8.93. The van der Waals surface area contributed by atoms with Gasteiger partial charge in [0, 0.05) is 19.8 Å². The van der Waals surface area contributed by atoms with Gasteiger partial charge in [-0.05, 0) is 72.4 Å². The number of anilines is 4. The number of methoxy groups -OCH3 is 1. The van der Waals surface area contributed by atoms with Crippen LogP contribution < -0.4 is 15.4 Å². The minimum atomic E-state index is -4.77. The molecule has 5 rings (SSSR count). The standard InChI is InChI=1S/C31H36F3N5O4/c1-5-16(6-2)17-7-9-22(26(13-17)43-4)37-30-35-14-21(31(32,33)34)28(38-30)36-23-10-8-19(18-11-24(40)25(41)12-18)20-15-39(3)29(42)27(20)23/h7-10,13-14,16,18,24-25,40-41H,5-6,11-12,15H2,1-4H3,(H2,35,36,37,38). The summed E-state index contributed by atoms with van der Waals surface area (Å²) in [6.45, 7) is 4.47. The number of nitrogens with zero attached hydrogens (tertiary/aromatic N) is 3. The Morgan fingerprint density at radius 1 is 1.07 bits per heavy atom. The molecule has 0 spiro atoms. The van der Waals surface area contributed by atoms with E-state index in [1.807, 2.05) is 12.1 Å². The molecule has 1 aliphatic carbocycles. The maximum Gasteiger partial charge on any atom is 0.421 e. The van der Waals surface area contributed by atoms with Crippen molar-refractivity contribution in [1.29, 1.82) is 0 Å². The Bertz CT molecular complexity index is 1500. The third-order valence-corrected chi connectivity index (χ3v) is 8.52. The molecule has 12 heteroatoms. The molecule has 2 atom stereocenters. The number of aromatic nitrogens is 2. The van der Waals surface area contributed by atoms with Crippen molar-refractivity contribution in [2.45, 2.75) is 76.3 Å². The van der Waals surface area contributed by atoms with E-state index in [4.69, 9.17) is 4.74 Å². The van der Waals surface area contributed by atoms with Crippen LogP contribution in [0.2, 0.25) is 0 Å². The van der Waals surface area contributed by atoms with Crippen molar-refractivity contribution in [2.75, 3.05) is 24.8 Å². The molecule has 2 aliphatic rings. The SMILES string of the molecule is CCC(CC)c1ccc(Nc2ncc(C(F)(F)F)c(Nc3ccc(C4CC(O)C(O)C4)c4c3C(=O)N(C)C4)n2)c(OC)c1. The molecule has 1 aliphatic heterocycles. The number of amides is 1. The molecule has 2 heterocycles. The van der Waals surface area contributed by atoms with Crippen molar-refractivity contribution in [3.05, 3.63) is 64.3 Å². The molecule has 0 radical (unpaired) electrons. The molecule has 4 N–H and O–H groups in total. The van der Waals surface area contributed by atoms with Gasteiger partial charge in [0.2, 0.25) is 5.95 Å². The summed E-state index contributed by atoms with van der Waals surface area (Å²) in [5, 5.41) is 25.9. The fourth-order valence-electron chi connectivity index (χ4n) is 6.13. The highest BCUT2D eigenvalue weighted by molar-refractivity contribution is 6.04. The molecular weight excluding hydrogens is 563 g/mol. The second kappa shape index (κ2) is 12.0. The Balaban J connectivity index is 1.51. The predicted octanol–water partition coefficient (Wildman–Crippen LogP) is 6.08. The number of fused-ring (bicyclic) bond motifs is 1. The van der Waals surface area contributed by atoms with Gasteiger partial charge < -0.3 is 30.5 Å². The third kappa shape index (κ3) is 5.98. The molecular formula is C31H36F3N5O4. The zero-order valence-corrected chi connectivity index (χ0v) is 24.5. The van der Waals surface area contributed by atoms with E-state index < -0.39 is 29.8 Å². The van der Waals surface area contributed by atoms with Crippen LogP contribution in [0, 0.1) is 0 Å². The highest BCUT2D eigenvalue weighted by Gasteiger charge is 2.39. The average Bonchev–Trinajstić information content (AvgIpc) is 3.46. The summed E-state index contributed by atoms with van der Waals surface area (Å²) in [5.41, 5.74) is 2.37. The van der Waals surface area contributed by atoms with Gasteiger partial charge in [-0.15, -0.1) is 0 Å². The smallest absolute Gasteiger partial charge is 0.421 e. The van der Waals surface area contributed by atoms with E-state index in [0.29, 0.717) is 42.0 Å². The Morgan fingerprint density at radius 3 is 2.37 bits per heavy atom. The number of benzene rings is 2. The lowest BCUT2D eigenvalue weighted by molar-refractivity contribution is -0.137. The Hall–Kier alpha value is -3.90.